The first-order valence-corrected chi connectivity index (χ1v) is 11.9. The molecule has 1 aromatic rings. The van der Waals surface area contributed by atoms with E-state index in [2.05, 4.69) is 14.6 Å². The molecule has 0 bridgehead atoms. The number of allylic oxidation sites excluding steroid dienone is 1. The summed E-state index contributed by atoms with van der Waals surface area (Å²) < 4.78 is 49.8. The number of aromatic nitrogens is 1. The highest BCUT2D eigenvalue weighted by atomic mass is 19.3. The van der Waals surface area contributed by atoms with Crippen molar-refractivity contribution >= 4 is 17.2 Å². The maximum atomic E-state index is 14.1. The molecule has 0 amide bonds. The van der Waals surface area contributed by atoms with Gasteiger partial charge in [-0.2, -0.15) is 8.78 Å². The van der Waals surface area contributed by atoms with Crippen LogP contribution in [0.25, 0.3) is 0 Å². The lowest BCUT2D eigenvalue weighted by molar-refractivity contribution is -0.0494. The van der Waals surface area contributed by atoms with Gasteiger partial charge in [-0.3, -0.25) is 9.80 Å². The van der Waals surface area contributed by atoms with Crippen LogP contribution in [-0.4, -0.2) is 85.0 Å². The number of likely N-dealkylation sites (tertiary alicyclic amines) is 1. The fraction of sp³-hybridized carbons (Fsp3) is 0.652. The van der Waals surface area contributed by atoms with Gasteiger partial charge in [-0.25, -0.2) is 14.4 Å². The van der Waals surface area contributed by atoms with E-state index in [4.69, 9.17) is 15.5 Å². The summed E-state index contributed by atoms with van der Waals surface area (Å²) in [7, 11) is 0. The third-order valence-electron chi connectivity index (χ3n) is 7.17. The molecule has 4 atom stereocenters. The molecular formula is C23H31F3N6O2. The highest BCUT2D eigenvalue weighted by molar-refractivity contribution is 5.98. The van der Waals surface area contributed by atoms with Crippen molar-refractivity contribution in [1.29, 1.82) is 0 Å². The van der Waals surface area contributed by atoms with Crippen LogP contribution in [0.3, 0.4) is 0 Å². The van der Waals surface area contributed by atoms with E-state index in [-0.39, 0.29) is 18.1 Å². The Morgan fingerprint density at radius 2 is 1.94 bits per heavy atom. The van der Waals surface area contributed by atoms with Crippen LogP contribution < -0.4 is 15.4 Å². The molecule has 11 heteroatoms. The molecule has 2 saturated heterocycles. The van der Waals surface area contributed by atoms with Crippen molar-refractivity contribution in [3.05, 3.63) is 24.5 Å². The van der Waals surface area contributed by atoms with Gasteiger partial charge < -0.3 is 20.1 Å². The largest absolute Gasteiger partial charge is 0.431 e. The molecule has 0 radical (unpaired) electrons. The smallest absolute Gasteiger partial charge is 0.387 e. The van der Waals surface area contributed by atoms with Crippen molar-refractivity contribution in [2.45, 2.75) is 50.8 Å². The molecule has 8 nitrogen and oxygen atoms in total. The number of anilines is 2. The molecule has 3 aliphatic heterocycles. The van der Waals surface area contributed by atoms with Crippen molar-refractivity contribution in [1.82, 2.24) is 14.8 Å². The van der Waals surface area contributed by atoms with E-state index in [1.165, 1.54) is 12.3 Å². The third-order valence-corrected chi connectivity index (χ3v) is 7.17. The van der Waals surface area contributed by atoms with Gasteiger partial charge in [-0.05, 0) is 31.8 Å². The number of nitrogen functional groups attached to an aromatic ring is 1. The van der Waals surface area contributed by atoms with Gasteiger partial charge >= 0.3 is 6.61 Å². The standard InChI is InChI=1S/C23H31F3N6O2/c24-16-3-5-31(14-16)23-29-19(15-1-2-17(11-15)30-7-9-33-10-8-30)4-6-32(23)18-12-20(34-22(25)26)21(27)28-13-18/h4,6,12-13,15-17,22-23H,1-3,5,7-11,14H2,(H2,27,28)/t15-,16-,17-,23?/m0/s1. The number of pyridine rings is 1. The molecule has 5 rings (SSSR count). The first kappa shape index (κ1) is 23.4. The quantitative estimate of drug-likeness (QED) is 0.671. The maximum absolute atomic E-state index is 14.1. The summed E-state index contributed by atoms with van der Waals surface area (Å²) in [4.78, 5) is 15.4. The average molecular weight is 481 g/mol. The van der Waals surface area contributed by atoms with E-state index in [0.717, 1.165) is 51.3 Å². The summed E-state index contributed by atoms with van der Waals surface area (Å²) in [5.74, 6) is 0.0269. The number of aliphatic imine (C=N–C) groups is 1. The number of halogens is 3. The number of alkyl halides is 3. The minimum Gasteiger partial charge on any atom is -0.431 e. The normalized spacial score (nSPS) is 30.8. The summed E-state index contributed by atoms with van der Waals surface area (Å²) in [5, 5.41) is 0. The maximum Gasteiger partial charge on any atom is 0.387 e. The molecule has 2 N–H and O–H groups in total. The molecule has 0 spiro atoms. The van der Waals surface area contributed by atoms with Crippen LogP contribution in [0.5, 0.6) is 5.75 Å². The van der Waals surface area contributed by atoms with Gasteiger partial charge in [0.25, 0.3) is 0 Å². The molecule has 4 heterocycles. The highest BCUT2D eigenvalue weighted by Crippen LogP contribution is 2.35. The lowest BCUT2D eigenvalue weighted by Crippen LogP contribution is -2.47. The number of nitrogens with two attached hydrogens (primary N) is 1. The predicted molar refractivity (Wildman–Crippen MR) is 123 cm³/mol. The van der Waals surface area contributed by atoms with Crippen LogP contribution in [0.4, 0.5) is 24.7 Å². The lowest BCUT2D eigenvalue weighted by Gasteiger charge is -2.37. The van der Waals surface area contributed by atoms with Crippen LogP contribution in [0.15, 0.2) is 29.5 Å². The average Bonchev–Trinajstić information content (AvgIpc) is 3.50. The molecule has 1 unspecified atom stereocenters. The molecule has 3 fully saturated rings. The van der Waals surface area contributed by atoms with Crippen LogP contribution in [0.1, 0.15) is 25.7 Å². The second kappa shape index (κ2) is 10.1. The van der Waals surface area contributed by atoms with Gasteiger partial charge in [0, 0.05) is 56.1 Å². The van der Waals surface area contributed by atoms with E-state index in [9.17, 15) is 13.2 Å². The Balaban J connectivity index is 1.37. The van der Waals surface area contributed by atoms with Gasteiger partial charge in [0.05, 0.1) is 25.1 Å². The minimum absolute atomic E-state index is 0.115. The number of ether oxygens (including phenoxy) is 2. The summed E-state index contributed by atoms with van der Waals surface area (Å²) in [6.45, 7) is 1.33. The first-order valence-electron chi connectivity index (χ1n) is 11.9. The Bertz CT molecular complexity index is 926. The van der Waals surface area contributed by atoms with Gasteiger partial charge in [0.15, 0.2) is 17.9 Å². The molecular weight excluding hydrogens is 449 g/mol. The van der Waals surface area contributed by atoms with Crippen LogP contribution in [0.2, 0.25) is 0 Å². The van der Waals surface area contributed by atoms with Gasteiger partial charge in [-0.1, -0.05) is 0 Å². The fourth-order valence-corrected chi connectivity index (χ4v) is 5.42. The summed E-state index contributed by atoms with van der Waals surface area (Å²) in [6, 6.07) is 1.96. The van der Waals surface area contributed by atoms with Crippen molar-refractivity contribution < 1.29 is 22.6 Å². The second-order valence-electron chi connectivity index (χ2n) is 9.27. The zero-order chi connectivity index (χ0) is 23.7. The monoisotopic (exact) mass is 480 g/mol. The Hall–Kier alpha value is -2.37. The number of hydrogen-bond donors (Lipinski definition) is 1. The molecule has 1 aromatic heterocycles. The van der Waals surface area contributed by atoms with Crippen LogP contribution >= 0.6 is 0 Å². The van der Waals surface area contributed by atoms with Crippen LogP contribution in [-0.2, 0) is 4.74 Å². The fourth-order valence-electron chi connectivity index (χ4n) is 5.42. The molecule has 186 valence electrons. The Kier molecular flexibility index (Phi) is 6.94. The van der Waals surface area contributed by atoms with E-state index in [0.29, 0.717) is 30.6 Å². The molecule has 1 saturated carbocycles. The number of morpholine rings is 1. The first-order chi connectivity index (χ1) is 16.5. The Labute approximate surface area is 197 Å². The highest BCUT2D eigenvalue weighted by Gasteiger charge is 2.37. The zero-order valence-electron chi connectivity index (χ0n) is 19.0. The topological polar surface area (TPSA) is 79.5 Å². The van der Waals surface area contributed by atoms with Crippen molar-refractivity contribution in [3.8, 4) is 5.75 Å². The van der Waals surface area contributed by atoms with Crippen molar-refractivity contribution in [2.75, 3.05) is 50.0 Å². The van der Waals surface area contributed by atoms with E-state index in [1.54, 1.807) is 0 Å². The van der Waals surface area contributed by atoms with Crippen LogP contribution in [0, 0.1) is 5.92 Å². The molecule has 34 heavy (non-hydrogen) atoms. The second-order valence-corrected chi connectivity index (χ2v) is 9.27. The lowest BCUT2D eigenvalue weighted by atomic mass is 10.00. The summed E-state index contributed by atoms with van der Waals surface area (Å²) in [5.41, 5.74) is 7.23. The SMILES string of the molecule is Nc1ncc(N2C=CC([C@H]3CC[C@H](N4CCOCC4)C3)=NC2N2CC[C@H](F)C2)cc1OC(F)F. The Morgan fingerprint density at radius 3 is 2.68 bits per heavy atom. The van der Waals surface area contributed by atoms with Gasteiger partial charge in [0.2, 0.25) is 0 Å². The Morgan fingerprint density at radius 1 is 1.12 bits per heavy atom. The van der Waals surface area contributed by atoms with Gasteiger partial charge in [-0.15, -0.1) is 0 Å². The number of nitrogens with zero attached hydrogens (tertiary/aromatic N) is 5. The number of hydrogen-bond acceptors (Lipinski definition) is 8. The van der Waals surface area contributed by atoms with Crippen molar-refractivity contribution in [2.24, 2.45) is 10.9 Å². The predicted octanol–water partition coefficient (Wildman–Crippen LogP) is 2.87. The molecule has 1 aliphatic carbocycles. The van der Waals surface area contributed by atoms with E-state index in [1.807, 2.05) is 22.1 Å². The number of rotatable bonds is 6. The summed E-state index contributed by atoms with van der Waals surface area (Å²) in [6.07, 6.45) is 7.64. The minimum atomic E-state index is -3.01. The molecule has 0 aromatic carbocycles. The molecule has 4 aliphatic rings. The third kappa shape index (κ3) is 5.01. The van der Waals surface area contributed by atoms with E-state index >= 15 is 0 Å². The summed E-state index contributed by atoms with van der Waals surface area (Å²) >= 11 is 0. The van der Waals surface area contributed by atoms with Crippen molar-refractivity contribution in [3.63, 3.8) is 0 Å². The zero-order valence-corrected chi connectivity index (χ0v) is 19.0. The van der Waals surface area contributed by atoms with Gasteiger partial charge in [0.1, 0.15) is 6.17 Å². The van der Waals surface area contributed by atoms with E-state index < -0.39 is 19.1 Å².